The fourth-order valence-corrected chi connectivity index (χ4v) is 4.59. The van der Waals surface area contributed by atoms with Crippen LogP contribution in [0.5, 0.6) is 0 Å². The number of nitrogens with zero attached hydrogens (tertiary/aromatic N) is 5. The zero-order chi connectivity index (χ0) is 19.5. The Bertz CT molecular complexity index is 968. The van der Waals surface area contributed by atoms with E-state index in [1.807, 2.05) is 19.1 Å². The molecule has 1 aliphatic heterocycles. The molecule has 0 spiro atoms. The van der Waals surface area contributed by atoms with Crippen LogP contribution in [0.2, 0.25) is 0 Å². The van der Waals surface area contributed by atoms with Crippen LogP contribution in [0.15, 0.2) is 54.9 Å². The monoisotopic (exact) mass is 391 g/mol. The van der Waals surface area contributed by atoms with Gasteiger partial charge < -0.3 is 4.90 Å². The molecule has 0 saturated carbocycles. The molecule has 5 nitrogen and oxygen atoms in total. The molecule has 1 aliphatic rings. The summed E-state index contributed by atoms with van der Waals surface area (Å²) in [7, 11) is 0. The van der Waals surface area contributed by atoms with Crippen LogP contribution in [0.4, 0.5) is 5.13 Å². The van der Waals surface area contributed by atoms with Crippen LogP contribution in [0.1, 0.15) is 18.3 Å². The second-order valence-electron chi connectivity index (χ2n) is 7.04. The summed E-state index contributed by atoms with van der Waals surface area (Å²) in [4.78, 5) is 18.5. The molecule has 1 unspecified atom stereocenters. The fraction of sp³-hybridized carbons (Fsp3) is 0.318. The van der Waals surface area contributed by atoms with Gasteiger partial charge in [0.1, 0.15) is 0 Å². The molecule has 1 atom stereocenters. The van der Waals surface area contributed by atoms with Crippen molar-refractivity contribution in [2.24, 2.45) is 0 Å². The first-order valence-electron chi connectivity index (χ1n) is 9.62. The van der Waals surface area contributed by atoms with E-state index in [9.17, 15) is 0 Å². The summed E-state index contributed by atoms with van der Waals surface area (Å²) in [6, 6.07) is 8.64. The van der Waals surface area contributed by atoms with Crippen LogP contribution >= 0.6 is 11.3 Å². The summed E-state index contributed by atoms with van der Waals surface area (Å²) < 4.78 is 1.25. The summed E-state index contributed by atoms with van der Waals surface area (Å²) in [6.07, 6.45) is 7.52. The summed E-state index contributed by atoms with van der Waals surface area (Å²) in [5.41, 5.74) is 4.12. The normalized spacial score (nSPS) is 17.1. The highest BCUT2D eigenvalue weighted by atomic mass is 32.1. The van der Waals surface area contributed by atoms with Gasteiger partial charge in [-0.3, -0.25) is 14.9 Å². The first-order valence-corrected chi connectivity index (χ1v) is 10.4. The molecule has 1 saturated heterocycles. The molecule has 2 aromatic heterocycles. The van der Waals surface area contributed by atoms with Crippen LogP contribution in [0.25, 0.3) is 16.3 Å². The Balaban J connectivity index is 1.45. The number of rotatable bonds is 5. The van der Waals surface area contributed by atoms with Crippen LogP contribution in [-0.2, 0) is 0 Å². The van der Waals surface area contributed by atoms with Crippen LogP contribution in [-0.4, -0.2) is 52.1 Å². The van der Waals surface area contributed by atoms with Crippen molar-refractivity contribution in [2.45, 2.75) is 19.9 Å². The molecule has 0 amide bonds. The average molecular weight is 392 g/mol. The number of para-hydroxylation sites is 1. The van der Waals surface area contributed by atoms with Gasteiger partial charge in [0.2, 0.25) is 0 Å². The van der Waals surface area contributed by atoms with Crippen molar-refractivity contribution in [1.82, 2.24) is 19.9 Å². The van der Waals surface area contributed by atoms with Gasteiger partial charge in [-0.1, -0.05) is 36.1 Å². The Morgan fingerprint density at radius 1 is 1.14 bits per heavy atom. The highest BCUT2D eigenvalue weighted by molar-refractivity contribution is 7.22. The second kappa shape index (κ2) is 8.20. The summed E-state index contributed by atoms with van der Waals surface area (Å²) in [6.45, 7) is 12.2. The number of thiazole rings is 1. The molecule has 144 valence electrons. The van der Waals surface area contributed by atoms with Crippen molar-refractivity contribution < 1.29 is 0 Å². The number of benzene rings is 1. The van der Waals surface area contributed by atoms with E-state index in [2.05, 4.69) is 57.5 Å². The number of fused-ring (bicyclic) bond motifs is 1. The largest absolute Gasteiger partial charge is 0.345 e. The van der Waals surface area contributed by atoms with Gasteiger partial charge in [-0.2, -0.15) is 0 Å². The van der Waals surface area contributed by atoms with E-state index in [1.54, 1.807) is 23.7 Å². The van der Waals surface area contributed by atoms with E-state index in [0.717, 1.165) is 48.2 Å². The van der Waals surface area contributed by atoms with E-state index < -0.39 is 0 Å². The number of aromatic nitrogens is 3. The smallest absolute Gasteiger partial charge is 0.186 e. The minimum absolute atomic E-state index is 0.288. The SMILES string of the molecule is C=C/C(=C\c1nccnc1C)C(C)N1CCN(c2nc3ccccc3s2)CC1. The molecule has 0 bridgehead atoms. The van der Waals surface area contributed by atoms with Gasteiger partial charge in [0, 0.05) is 44.6 Å². The molecule has 3 aromatic rings. The van der Waals surface area contributed by atoms with Gasteiger partial charge >= 0.3 is 0 Å². The molecule has 3 heterocycles. The molecular weight excluding hydrogens is 366 g/mol. The lowest BCUT2D eigenvalue weighted by atomic mass is 10.0. The van der Waals surface area contributed by atoms with Crippen LogP contribution in [0, 0.1) is 6.92 Å². The van der Waals surface area contributed by atoms with Crippen molar-refractivity contribution >= 4 is 32.8 Å². The predicted octanol–water partition coefficient (Wildman–Crippen LogP) is 4.17. The number of anilines is 1. The third-order valence-corrected chi connectivity index (χ3v) is 6.45. The number of hydrogen-bond donors (Lipinski definition) is 0. The standard InChI is InChI=1S/C22H25N5S/c1-4-18(15-20-16(2)23-9-10-24-20)17(3)26-11-13-27(14-12-26)22-25-19-7-5-6-8-21(19)28-22/h4-10,15,17H,1,11-14H2,2-3H3/b18-15+. The van der Waals surface area contributed by atoms with Gasteiger partial charge in [0.25, 0.3) is 0 Å². The maximum Gasteiger partial charge on any atom is 0.186 e. The van der Waals surface area contributed by atoms with Crippen molar-refractivity contribution in [2.75, 3.05) is 31.1 Å². The topological polar surface area (TPSA) is 45.2 Å². The van der Waals surface area contributed by atoms with Gasteiger partial charge in [-0.15, -0.1) is 0 Å². The molecule has 28 heavy (non-hydrogen) atoms. The molecular formula is C22H25N5S. The first kappa shape index (κ1) is 18.8. The Kier molecular flexibility index (Phi) is 5.50. The van der Waals surface area contributed by atoms with Crippen LogP contribution < -0.4 is 4.90 Å². The van der Waals surface area contributed by atoms with Crippen molar-refractivity contribution in [1.29, 1.82) is 0 Å². The van der Waals surface area contributed by atoms with Crippen molar-refractivity contribution in [3.05, 3.63) is 66.3 Å². The minimum Gasteiger partial charge on any atom is -0.345 e. The Morgan fingerprint density at radius 3 is 2.61 bits per heavy atom. The number of piperazine rings is 1. The highest BCUT2D eigenvalue weighted by Gasteiger charge is 2.24. The average Bonchev–Trinajstić information content (AvgIpc) is 3.17. The molecule has 0 radical (unpaired) electrons. The van der Waals surface area contributed by atoms with Crippen molar-refractivity contribution in [3.8, 4) is 0 Å². The summed E-state index contributed by atoms with van der Waals surface area (Å²) in [5, 5.41) is 1.13. The van der Waals surface area contributed by atoms with Crippen LogP contribution in [0.3, 0.4) is 0 Å². The lowest BCUT2D eigenvalue weighted by molar-refractivity contribution is 0.222. The predicted molar refractivity (Wildman–Crippen MR) is 118 cm³/mol. The summed E-state index contributed by atoms with van der Waals surface area (Å²) >= 11 is 1.78. The Morgan fingerprint density at radius 2 is 1.89 bits per heavy atom. The van der Waals surface area contributed by atoms with E-state index in [1.165, 1.54) is 10.3 Å². The van der Waals surface area contributed by atoms with E-state index in [0.29, 0.717) is 0 Å². The van der Waals surface area contributed by atoms with E-state index in [-0.39, 0.29) is 6.04 Å². The Hall–Kier alpha value is -2.57. The molecule has 6 heteroatoms. The second-order valence-corrected chi connectivity index (χ2v) is 8.05. The van der Waals surface area contributed by atoms with E-state index in [4.69, 9.17) is 4.98 Å². The molecule has 0 aliphatic carbocycles. The van der Waals surface area contributed by atoms with Gasteiger partial charge in [-0.05, 0) is 37.6 Å². The number of aryl methyl sites for hydroxylation is 1. The lowest BCUT2D eigenvalue weighted by Gasteiger charge is -2.38. The molecule has 1 fully saturated rings. The third kappa shape index (κ3) is 3.84. The quantitative estimate of drug-likeness (QED) is 0.611. The first-order chi connectivity index (χ1) is 13.7. The van der Waals surface area contributed by atoms with Gasteiger partial charge in [0.05, 0.1) is 21.6 Å². The van der Waals surface area contributed by atoms with Gasteiger partial charge in [-0.25, -0.2) is 4.98 Å². The number of hydrogen-bond acceptors (Lipinski definition) is 6. The molecule has 1 aromatic carbocycles. The van der Waals surface area contributed by atoms with E-state index >= 15 is 0 Å². The third-order valence-electron chi connectivity index (χ3n) is 5.36. The van der Waals surface area contributed by atoms with Crippen molar-refractivity contribution in [3.63, 3.8) is 0 Å². The lowest BCUT2D eigenvalue weighted by Crippen LogP contribution is -2.50. The zero-order valence-corrected chi connectivity index (χ0v) is 17.2. The summed E-state index contributed by atoms with van der Waals surface area (Å²) in [5.74, 6) is 0. The fourth-order valence-electron chi connectivity index (χ4n) is 3.57. The molecule has 4 rings (SSSR count). The highest BCUT2D eigenvalue weighted by Crippen LogP contribution is 2.29. The van der Waals surface area contributed by atoms with Gasteiger partial charge in [0.15, 0.2) is 5.13 Å². The zero-order valence-electron chi connectivity index (χ0n) is 16.4. The maximum atomic E-state index is 4.81. The minimum atomic E-state index is 0.288. The Labute approximate surface area is 170 Å². The maximum absolute atomic E-state index is 4.81. The molecule has 0 N–H and O–H groups in total.